The van der Waals surface area contributed by atoms with Crippen LogP contribution in [0, 0.1) is 0 Å². The Kier molecular flexibility index (Phi) is 5.00. The Morgan fingerprint density at radius 3 is 2.88 bits per heavy atom. The van der Waals surface area contributed by atoms with Gasteiger partial charge in [-0.25, -0.2) is 4.98 Å². The average Bonchev–Trinajstić information content (AvgIpc) is 3.02. The van der Waals surface area contributed by atoms with E-state index in [9.17, 15) is 4.79 Å². The molecule has 2 aromatic rings. The number of benzene rings is 1. The number of oxazole rings is 1. The lowest BCUT2D eigenvalue weighted by atomic mass is 9.94. The first-order valence-electron chi connectivity index (χ1n) is 8.45. The third kappa shape index (κ3) is 4.45. The first-order valence-corrected chi connectivity index (χ1v) is 8.45. The van der Waals surface area contributed by atoms with Crippen LogP contribution < -0.4 is 5.32 Å². The first-order chi connectivity index (χ1) is 11.5. The molecule has 1 fully saturated rings. The van der Waals surface area contributed by atoms with Crippen molar-refractivity contribution in [3.8, 4) is 11.3 Å². The van der Waals surface area contributed by atoms with Gasteiger partial charge in [-0.3, -0.25) is 4.79 Å². The molecule has 0 unspecified atom stereocenters. The molecular weight excluding hydrogens is 304 g/mol. The summed E-state index contributed by atoms with van der Waals surface area (Å²) in [4.78, 5) is 16.4. The maximum absolute atomic E-state index is 12.2. The quantitative estimate of drug-likeness (QED) is 0.914. The molecule has 128 valence electrons. The zero-order valence-corrected chi connectivity index (χ0v) is 14.2. The van der Waals surface area contributed by atoms with E-state index in [1.54, 1.807) is 6.20 Å². The van der Waals surface area contributed by atoms with Crippen molar-refractivity contribution in [2.45, 2.75) is 51.2 Å². The molecule has 1 aliphatic heterocycles. The number of carbonyl (C=O) groups is 1. The standard InChI is InChI=1S/C19H24N2O3/c1-19(2)12-15(10-11-23-19)21-17(22)8-9-18-20-13-16(24-18)14-6-4-3-5-7-14/h3-7,13,15H,8-12H2,1-2H3,(H,21,22)/t15-/m0/s1. The van der Waals surface area contributed by atoms with Crippen LogP contribution in [0.1, 0.15) is 39.0 Å². The number of ether oxygens (including phenoxy) is 1. The van der Waals surface area contributed by atoms with Crippen molar-refractivity contribution in [2.24, 2.45) is 0 Å². The van der Waals surface area contributed by atoms with E-state index in [2.05, 4.69) is 24.1 Å². The third-order valence-corrected chi connectivity index (χ3v) is 4.24. The second-order valence-electron chi connectivity index (χ2n) is 6.85. The third-order valence-electron chi connectivity index (χ3n) is 4.24. The maximum Gasteiger partial charge on any atom is 0.220 e. The number of rotatable bonds is 5. The molecule has 1 aromatic carbocycles. The van der Waals surface area contributed by atoms with Crippen LogP contribution in [0.4, 0.5) is 0 Å². The minimum atomic E-state index is -0.163. The van der Waals surface area contributed by atoms with E-state index in [0.717, 1.165) is 24.2 Å². The molecule has 1 amide bonds. The predicted molar refractivity (Wildman–Crippen MR) is 91.5 cm³/mol. The normalized spacial score (nSPS) is 19.8. The fourth-order valence-electron chi connectivity index (χ4n) is 3.04. The van der Waals surface area contributed by atoms with Crippen LogP contribution in [-0.4, -0.2) is 29.1 Å². The van der Waals surface area contributed by atoms with Gasteiger partial charge in [0.25, 0.3) is 0 Å². The summed E-state index contributed by atoms with van der Waals surface area (Å²) in [6.45, 7) is 4.81. The zero-order chi connectivity index (χ0) is 17.0. The van der Waals surface area contributed by atoms with E-state index in [-0.39, 0.29) is 17.6 Å². The van der Waals surface area contributed by atoms with Crippen molar-refractivity contribution in [1.82, 2.24) is 10.3 Å². The van der Waals surface area contributed by atoms with Gasteiger partial charge in [-0.15, -0.1) is 0 Å². The molecule has 1 aromatic heterocycles. The molecule has 0 saturated carbocycles. The van der Waals surface area contributed by atoms with E-state index >= 15 is 0 Å². The smallest absolute Gasteiger partial charge is 0.220 e. The Labute approximate surface area is 142 Å². The topological polar surface area (TPSA) is 64.4 Å². The van der Waals surface area contributed by atoms with Gasteiger partial charge < -0.3 is 14.5 Å². The molecule has 5 nitrogen and oxygen atoms in total. The van der Waals surface area contributed by atoms with E-state index in [0.29, 0.717) is 25.3 Å². The number of amides is 1. The van der Waals surface area contributed by atoms with Crippen molar-refractivity contribution in [2.75, 3.05) is 6.61 Å². The predicted octanol–water partition coefficient (Wildman–Crippen LogP) is 3.35. The second-order valence-corrected chi connectivity index (χ2v) is 6.85. The number of carbonyl (C=O) groups excluding carboxylic acids is 1. The summed E-state index contributed by atoms with van der Waals surface area (Å²) >= 11 is 0. The van der Waals surface area contributed by atoms with Gasteiger partial charge in [0.15, 0.2) is 11.7 Å². The Bertz CT molecular complexity index is 679. The summed E-state index contributed by atoms with van der Waals surface area (Å²) < 4.78 is 11.4. The highest BCUT2D eigenvalue weighted by Gasteiger charge is 2.29. The van der Waals surface area contributed by atoms with Gasteiger partial charge in [0.2, 0.25) is 5.91 Å². The van der Waals surface area contributed by atoms with Crippen LogP contribution >= 0.6 is 0 Å². The SMILES string of the molecule is CC1(C)C[C@@H](NC(=O)CCc2ncc(-c3ccccc3)o2)CCO1. The van der Waals surface area contributed by atoms with Gasteiger partial charge in [0, 0.05) is 31.1 Å². The molecule has 1 atom stereocenters. The van der Waals surface area contributed by atoms with Crippen LogP contribution in [0.5, 0.6) is 0 Å². The molecule has 1 saturated heterocycles. The van der Waals surface area contributed by atoms with Crippen LogP contribution in [0.2, 0.25) is 0 Å². The van der Waals surface area contributed by atoms with Crippen LogP contribution in [-0.2, 0) is 16.0 Å². The number of aryl methyl sites for hydroxylation is 1. The van der Waals surface area contributed by atoms with Gasteiger partial charge in [0.05, 0.1) is 11.8 Å². The molecule has 0 radical (unpaired) electrons. The molecule has 0 bridgehead atoms. The zero-order valence-electron chi connectivity index (χ0n) is 14.2. The summed E-state index contributed by atoms with van der Waals surface area (Å²) in [6.07, 6.45) is 4.31. The van der Waals surface area contributed by atoms with Gasteiger partial charge >= 0.3 is 0 Å². The number of aromatic nitrogens is 1. The lowest BCUT2D eigenvalue weighted by Gasteiger charge is -2.35. The summed E-state index contributed by atoms with van der Waals surface area (Å²) in [7, 11) is 0. The highest BCUT2D eigenvalue weighted by Crippen LogP contribution is 2.24. The van der Waals surface area contributed by atoms with E-state index in [1.165, 1.54) is 0 Å². The Hall–Kier alpha value is -2.14. The number of nitrogens with one attached hydrogen (secondary N) is 1. The Balaban J connectivity index is 1.49. The molecule has 5 heteroatoms. The minimum Gasteiger partial charge on any atom is -0.441 e. The molecule has 0 spiro atoms. The van der Waals surface area contributed by atoms with Crippen molar-refractivity contribution < 1.29 is 13.9 Å². The van der Waals surface area contributed by atoms with E-state index in [1.807, 2.05) is 30.3 Å². The number of hydrogen-bond donors (Lipinski definition) is 1. The highest BCUT2D eigenvalue weighted by molar-refractivity contribution is 5.76. The van der Waals surface area contributed by atoms with E-state index < -0.39 is 0 Å². The minimum absolute atomic E-state index is 0.0390. The van der Waals surface area contributed by atoms with Gasteiger partial charge in [-0.2, -0.15) is 0 Å². The summed E-state index contributed by atoms with van der Waals surface area (Å²) in [5.74, 6) is 1.37. The van der Waals surface area contributed by atoms with Crippen molar-refractivity contribution in [3.05, 3.63) is 42.4 Å². The Morgan fingerprint density at radius 2 is 2.12 bits per heavy atom. The molecule has 24 heavy (non-hydrogen) atoms. The fourth-order valence-corrected chi connectivity index (χ4v) is 3.04. The molecule has 0 aliphatic carbocycles. The summed E-state index contributed by atoms with van der Waals surface area (Å²) in [6, 6.07) is 10.0. The lowest BCUT2D eigenvalue weighted by Crippen LogP contribution is -2.45. The first kappa shape index (κ1) is 16.7. The number of nitrogens with zero attached hydrogens (tertiary/aromatic N) is 1. The molecular formula is C19H24N2O3. The van der Waals surface area contributed by atoms with Crippen LogP contribution in [0.3, 0.4) is 0 Å². The summed E-state index contributed by atoms with van der Waals surface area (Å²) in [5.41, 5.74) is 0.828. The van der Waals surface area contributed by atoms with Crippen molar-refractivity contribution >= 4 is 5.91 Å². The average molecular weight is 328 g/mol. The van der Waals surface area contributed by atoms with Crippen LogP contribution in [0.25, 0.3) is 11.3 Å². The largest absolute Gasteiger partial charge is 0.441 e. The van der Waals surface area contributed by atoms with Crippen molar-refractivity contribution in [3.63, 3.8) is 0 Å². The molecule has 1 N–H and O–H groups in total. The van der Waals surface area contributed by atoms with Gasteiger partial charge in [0.1, 0.15) is 0 Å². The monoisotopic (exact) mass is 328 g/mol. The fraction of sp³-hybridized carbons (Fsp3) is 0.474. The maximum atomic E-state index is 12.2. The molecule has 2 heterocycles. The van der Waals surface area contributed by atoms with Gasteiger partial charge in [-0.05, 0) is 26.7 Å². The van der Waals surface area contributed by atoms with Gasteiger partial charge in [-0.1, -0.05) is 30.3 Å². The molecule has 1 aliphatic rings. The Morgan fingerprint density at radius 1 is 1.33 bits per heavy atom. The second kappa shape index (κ2) is 7.18. The van der Waals surface area contributed by atoms with Crippen molar-refractivity contribution in [1.29, 1.82) is 0 Å². The summed E-state index contributed by atoms with van der Waals surface area (Å²) in [5, 5.41) is 3.09. The van der Waals surface area contributed by atoms with E-state index in [4.69, 9.17) is 9.15 Å². The lowest BCUT2D eigenvalue weighted by molar-refractivity contribution is -0.124. The molecule has 3 rings (SSSR count). The van der Waals surface area contributed by atoms with Crippen LogP contribution in [0.15, 0.2) is 40.9 Å². The number of hydrogen-bond acceptors (Lipinski definition) is 4. The highest BCUT2D eigenvalue weighted by atomic mass is 16.5.